The summed E-state index contributed by atoms with van der Waals surface area (Å²) >= 11 is 3.08. The van der Waals surface area contributed by atoms with Crippen LogP contribution in [0.2, 0.25) is 0 Å². The molecule has 6 heteroatoms. The number of hydrogen-bond donors (Lipinski definition) is 2. The van der Waals surface area contributed by atoms with Crippen LogP contribution in [0.1, 0.15) is 11.1 Å². The lowest BCUT2D eigenvalue weighted by atomic mass is 10.1. The van der Waals surface area contributed by atoms with Gasteiger partial charge in [-0.3, -0.25) is 9.78 Å². The molecule has 1 heterocycles. The number of aryl methyl sites for hydroxylation is 1. The van der Waals surface area contributed by atoms with Crippen LogP contribution in [-0.4, -0.2) is 9.55 Å². The number of nitrogen functional groups attached to an aromatic ring is 1. The molecule has 0 unspecified atom stereocenters. The Morgan fingerprint density at radius 1 is 1.28 bits per heavy atom. The highest BCUT2D eigenvalue weighted by atomic mass is 79.9. The number of rotatable bonds is 1. The number of hydrogen-bond acceptors (Lipinski definition) is 3. The maximum atomic E-state index is 11.9. The minimum Gasteiger partial charge on any atom is -0.384 e. The third-order valence-electron chi connectivity index (χ3n) is 2.91. The Balaban J connectivity index is 2.88. The number of aromatic amines is 1. The van der Waals surface area contributed by atoms with Crippen LogP contribution in [0, 0.1) is 13.8 Å². The highest BCUT2D eigenvalue weighted by Gasteiger charge is 2.13. The molecule has 0 amide bonds. The van der Waals surface area contributed by atoms with Gasteiger partial charge in [0.15, 0.2) is 0 Å². The van der Waals surface area contributed by atoms with Gasteiger partial charge < -0.3 is 5.73 Å². The molecule has 2 aromatic rings. The normalized spacial score (nSPS) is 10.6. The van der Waals surface area contributed by atoms with Crippen LogP contribution in [0.5, 0.6) is 0 Å². The average Bonchev–Trinajstić information content (AvgIpc) is 2.32. The predicted octanol–water partition coefficient (Wildman–Crippen LogP) is 1.49. The van der Waals surface area contributed by atoms with E-state index >= 15 is 0 Å². The van der Waals surface area contributed by atoms with Crippen LogP contribution in [0.3, 0.4) is 0 Å². The Morgan fingerprint density at radius 3 is 2.61 bits per heavy atom. The molecule has 0 aliphatic carbocycles. The Hall–Kier alpha value is -1.82. The zero-order chi connectivity index (χ0) is 13.4. The molecule has 1 aromatic heterocycles. The minimum atomic E-state index is -0.547. The number of anilines is 1. The molecule has 0 fully saturated rings. The molecule has 1 aromatic carbocycles. The van der Waals surface area contributed by atoms with E-state index in [1.54, 1.807) is 6.07 Å². The van der Waals surface area contributed by atoms with Gasteiger partial charge >= 0.3 is 5.69 Å². The van der Waals surface area contributed by atoms with E-state index < -0.39 is 11.2 Å². The van der Waals surface area contributed by atoms with Crippen molar-refractivity contribution >= 4 is 21.7 Å². The molecule has 0 radical (unpaired) electrons. The van der Waals surface area contributed by atoms with E-state index in [0.717, 1.165) is 11.1 Å². The predicted molar refractivity (Wildman–Crippen MR) is 74.2 cm³/mol. The molecule has 18 heavy (non-hydrogen) atoms. The van der Waals surface area contributed by atoms with Crippen molar-refractivity contribution in [2.45, 2.75) is 13.8 Å². The summed E-state index contributed by atoms with van der Waals surface area (Å²) in [5.74, 6) is 0.0949. The van der Waals surface area contributed by atoms with E-state index in [4.69, 9.17) is 5.73 Å². The van der Waals surface area contributed by atoms with Gasteiger partial charge in [0.05, 0.1) is 5.69 Å². The van der Waals surface area contributed by atoms with Crippen molar-refractivity contribution in [2.75, 3.05) is 5.73 Å². The fourth-order valence-electron chi connectivity index (χ4n) is 1.75. The van der Waals surface area contributed by atoms with Gasteiger partial charge in [0.1, 0.15) is 10.3 Å². The van der Waals surface area contributed by atoms with Crippen molar-refractivity contribution in [1.82, 2.24) is 9.55 Å². The second kappa shape index (κ2) is 4.45. The van der Waals surface area contributed by atoms with E-state index in [2.05, 4.69) is 20.9 Å². The number of aromatic nitrogens is 2. The van der Waals surface area contributed by atoms with Crippen molar-refractivity contribution < 1.29 is 0 Å². The highest BCUT2D eigenvalue weighted by molar-refractivity contribution is 9.10. The monoisotopic (exact) mass is 309 g/mol. The van der Waals surface area contributed by atoms with Crippen LogP contribution < -0.4 is 17.0 Å². The first-order valence-corrected chi connectivity index (χ1v) is 6.09. The molecule has 5 nitrogen and oxygen atoms in total. The summed E-state index contributed by atoms with van der Waals surface area (Å²) in [6, 6.07) is 5.56. The minimum absolute atomic E-state index is 0.0949. The second-order valence-electron chi connectivity index (χ2n) is 4.01. The Labute approximate surface area is 111 Å². The zero-order valence-electron chi connectivity index (χ0n) is 9.95. The third kappa shape index (κ3) is 1.88. The number of nitrogens with one attached hydrogen (secondary N) is 1. The molecule has 0 bridgehead atoms. The molecule has 0 atom stereocenters. The van der Waals surface area contributed by atoms with Gasteiger partial charge in [-0.05, 0) is 47.0 Å². The van der Waals surface area contributed by atoms with E-state index in [1.807, 2.05) is 26.0 Å². The van der Waals surface area contributed by atoms with Crippen molar-refractivity contribution in [3.8, 4) is 5.69 Å². The van der Waals surface area contributed by atoms with Crippen LogP contribution in [-0.2, 0) is 0 Å². The number of H-pyrrole nitrogens is 1. The standard InChI is InChI=1S/C12H12BrN3O2/c1-6-4-3-5-8(7(6)2)16-10(14)9(13)11(17)15-12(16)18/h3-5H,14H2,1-2H3,(H,15,17,18). The Morgan fingerprint density at radius 2 is 1.94 bits per heavy atom. The first-order chi connectivity index (χ1) is 8.43. The van der Waals surface area contributed by atoms with Gasteiger partial charge in [-0.1, -0.05) is 12.1 Å². The molecule has 0 spiro atoms. The maximum Gasteiger partial charge on any atom is 0.334 e. The van der Waals surface area contributed by atoms with E-state index in [1.165, 1.54) is 4.57 Å². The number of benzene rings is 1. The van der Waals surface area contributed by atoms with E-state index in [9.17, 15) is 9.59 Å². The molecule has 2 rings (SSSR count). The van der Waals surface area contributed by atoms with Crippen molar-refractivity contribution in [1.29, 1.82) is 0 Å². The number of nitrogens with two attached hydrogens (primary N) is 1. The third-order valence-corrected chi connectivity index (χ3v) is 3.67. The van der Waals surface area contributed by atoms with Gasteiger partial charge in [-0.2, -0.15) is 0 Å². The van der Waals surface area contributed by atoms with Crippen molar-refractivity contribution in [3.63, 3.8) is 0 Å². The summed E-state index contributed by atoms with van der Waals surface area (Å²) in [7, 11) is 0. The topological polar surface area (TPSA) is 80.9 Å². The summed E-state index contributed by atoms with van der Waals surface area (Å²) in [6.07, 6.45) is 0. The second-order valence-corrected chi connectivity index (χ2v) is 4.81. The first kappa shape index (κ1) is 12.6. The first-order valence-electron chi connectivity index (χ1n) is 5.30. The molecular weight excluding hydrogens is 298 g/mol. The van der Waals surface area contributed by atoms with Gasteiger partial charge in [-0.25, -0.2) is 9.36 Å². The van der Waals surface area contributed by atoms with Crippen LogP contribution in [0.4, 0.5) is 5.82 Å². The van der Waals surface area contributed by atoms with Crippen LogP contribution >= 0.6 is 15.9 Å². The van der Waals surface area contributed by atoms with E-state index in [0.29, 0.717) is 5.69 Å². The fraction of sp³-hybridized carbons (Fsp3) is 0.167. The van der Waals surface area contributed by atoms with Crippen LogP contribution in [0.25, 0.3) is 5.69 Å². The quantitative estimate of drug-likeness (QED) is 0.837. The van der Waals surface area contributed by atoms with Gasteiger partial charge in [0.25, 0.3) is 5.56 Å². The fourth-order valence-corrected chi connectivity index (χ4v) is 2.03. The zero-order valence-corrected chi connectivity index (χ0v) is 11.5. The SMILES string of the molecule is Cc1cccc(-n2c(N)c(Br)c(=O)[nH]c2=O)c1C. The Kier molecular flexibility index (Phi) is 3.13. The van der Waals surface area contributed by atoms with Gasteiger partial charge in [-0.15, -0.1) is 0 Å². The molecule has 0 saturated heterocycles. The summed E-state index contributed by atoms with van der Waals surface area (Å²) in [6.45, 7) is 3.84. The summed E-state index contributed by atoms with van der Waals surface area (Å²) < 4.78 is 1.44. The summed E-state index contributed by atoms with van der Waals surface area (Å²) in [5.41, 5.74) is 7.40. The molecule has 3 N–H and O–H groups in total. The van der Waals surface area contributed by atoms with Gasteiger partial charge in [0, 0.05) is 0 Å². The molecule has 0 saturated carbocycles. The molecular formula is C12H12BrN3O2. The maximum absolute atomic E-state index is 11.9. The lowest BCUT2D eigenvalue weighted by molar-refractivity contribution is 0.892. The summed E-state index contributed by atoms with van der Waals surface area (Å²) in [4.78, 5) is 25.5. The number of nitrogens with zero attached hydrogens (tertiary/aromatic N) is 1. The van der Waals surface area contributed by atoms with Crippen LogP contribution in [0.15, 0.2) is 32.3 Å². The van der Waals surface area contributed by atoms with Crippen molar-refractivity contribution in [3.05, 3.63) is 54.6 Å². The summed E-state index contributed by atoms with van der Waals surface area (Å²) in [5, 5.41) is 0. The lowest BCUT2D eigenvalue weighted by Gasteiger charge is -2.13. The smallest absolute Gasteiger partial charge is 0.334 e. The van der Waals surface area contributed by atoms with E-state index in [-0.39, 0.29) is 10.3 Å². The lowest BCUT2D eigenvalue weighted by Crippen LogP contribution is -2.32. The highest BCUT2D eigenvalue weighted by Crippen LogP contribution is 2.20. The molecule has 94 valence electrons. The molecule has 0 aliphatic rings. The number of halogens is 1. The Bertz CT molecular complexity index is 731. The molecule has 0 aliphatic heterocycles. The van der Waals surface area contributed by atoms with Crippen molar-refractivity contribution in [2.24, 2.45) is 0 Å². The average molecular weight is 310 g/mol. The largest absolute Gasteiger partial charge is 0.384 e. The van der Waals surface area contributed by atoms with Gasteiger partial charge in [0.2, 0.25) is 0 Å².